The highest BCUT2D eigenvalue weighted by atomic mass is 35.5. The van der Waals surface area contributed by atoms with Gasteiger partial charge >= 0.3 is 0 Å². The predicted molar refractivity (Wildman–Crippen MR) is 80.3 cm³/mol. The van der Waals surface area contributed by atoms with E-state index in [1.54, 1.807) is 23.0 Å². The lowest BCUT2D eigenvalue weighted by Crippen LogP contribution is -2.22. The van der Waals surface area contributed by atoms with Crippen molar-refractivity contribution in [2.24, 2.45) is 0 Å². The van der Waals surface area contributed by atoms with E-state index in [4.69, 9.17) is 11.6 Å². The van der Waals surface area contributed by atoms with Gasteiger partial charge in [-0.1, -0.05) is 29.8 Å². The topological polar surface area (TPSA) is 87.0 Å². The van der Waals surface area contributed by atoms with E-state index in [0.29, 0.717) is 17.4 Å². The summed E-state index contributed by atoms with van der Waals surface area (Å²) in [5.41, 5.74) is 0.889. The Morgan fingerprint density at radius 3 is 2.73 bits per heavy atom. The van der Waals surface area contributed by atoms with Gasteiger partial charge in [-0.05, 0) is 24.5 Å². The van der Waals surface area contributed by atoms with Crippen LogP contribution in [0.5, 0.6) is 0 Å². The number of aromatic nitrogens is 2. The van der Waals surface area contributed by atoms with Gasteiger partial charge in [-0.25, -0.2) is 4.68 Å². The number of amides is 1. The van der Waals surface area contributed by atoms with Crippen LogP contribution in [0, 0.1) is 0 Å². The van der Waals surface area contributed by atoms with Gasteiger partial charge < -0.3 is 15.2 Å². The molecule has 0 atom stereocenters. The number of nitrogens with zero attached hydrogens (tertiary/aromatic N) is 2. The number of carbonyl (C=O) groups excluding carboxylic acids is 2. The molecule has 0 aliphatic heterocycles. The minimum atomic E-state index is -1.16. The molecule has 0 bridgehead atoms. The zero-order valence-corrected chi connectivity index (χ0v) is 12.5. The molecule has 0 saturated carbocycles. The van der Waals surface area contributed by atoms with Crippen molar-refractivity contribution in [1.82, 2.24) is 9.78 Å². The van der Waals surface area contributed by atoms with Crippen molar-refractivity contribution in [2.75, 3.05) is 5.32 Å². The SMILES string of the molecule is O=C([O-])CCCC(=O)Nc1ccnn1Cc1ccccc1Cl. The molecule has 0 fully saturated rings. The van der Waals surface area contributed by atoms with E-state index in [0.717, 1.165) is 5.56 Å². The molecule has 116 valence electrons. The second-order valence-corrected chi connectivity index (χ2v) is 5.15. The van der Waals surface area contributed by atoms with Crippen molar-refractivity contribution in [3.63, 3.8) is 0 Å². The number of nitrogens with one attached hydrogen (secondary N) is 1. The van der Waals surface area contributed by atoms with Crippen LogP contribution in [-0.2, 0) is 16.1 Å². The van der Waals surface area contributed by atoms with Crippen LogP contribution < -0.4 is 10.4 Å². The van der Waals surface area contributed by atoms with Gasteiger partial charge in [0, 0.05) is 23.5 Å². The van der Waals surface area contributed by atoms with Crippen molar-refractivity contribution in [3.8, 4) is 0 Å². The number of carbonyl (C=O) groups is 2. The first kappa shape index (κ1) is 16.0. The number of carboxylic acids is 1. The highest BCUT2D eigenvalue weighted by Gasteiger charge is 2.09. The van der Waals surface area contributed by atoms with Crippen LogP contribution in [0.25, 0.3) is 0 Å². The molecular weight excluding hydrogens is 306 g/mol. The minimum Gasteiger partial charge on any atom is -0.550 e. The Kier molecular flexibility index (Phi) is 5.55. The molecular formula is C15H15ClN3O3-. The van der Waals surface area contributed by atoms with E-state index < -0.39 is 5.97 Å². The Bertz CT molecular complexity index is 670. The van der Waals surface area contributed by atoms with Crippen LogP contribution in [0.2, 0.25) is 5.02 Å². The monoisotopic (exact) mass is 320 g/mol. The van der Waals surface area contributed by atoms with Gasteiger partial charge in [0.05, 0.1) is 12.7 Å². The average molecular weight is 321 g/mol. The second-order valence-electron chi connectivity index (χ2n) is 4.74. The fourth-order valence-corrected chi connectivity index (χ4v) is 2.15. The lowest BCUT2D eigenvalue weighted by atomic mass is 10.2. The smallest absolute Gasteiger partial charge is 0.225 e. The third kappa shape index (κ3) is 4.60. The summed E-state index contributed by atoms with van der Waals surface area (Å²) in [7, 11) is 0. The lowest BCUT2D eigenvalue weighted by molar-refractivity contribution is -0.305. The highest BCUT2D eigenvalue weighted by molar-refractivity contribution is 6.31. The molecule has 1 amide bonds. The van der Waals surface area contributed by atoms with Crippen molar-refractivity contribution in [2.45, 2.75) is 25.8 Å². The summed E-state index contributed by atoms with van der Waals surface area (Å²) < 4.78 is 1.62. The Morgan fingerprint density at radius 1 is 1.23 bits per heavy atom. The Labute approximate surface area is 132 Å². The van der Waals surface area contributed by atoms with Crippen LogP contribution in [0.15, 0.2) is 36.5 Å². The molecule has 1 aromatic heterocycles. The van der Waals surface area contributed by atoms with E-state index >= 15 is 0 Å². The molecule has 2 rings (SSSR count). The van der Waals surface area contributed by atoms with Gasteiger partial charge in [-0.15, -0.1) is 0 Å². The Hall–Kier alpha value is -2.34. The van der Waals surface area contributed by atoms with Gasteiger partial charge in [-0.3, -0.25) is 4.79 Å². The Balaban J connectivity index is 1.96. The molecule has 0 spiro atoms. The van der Waals surface area contributed by atoms with E-state index in [2.05, 4.69) is 10.4 Å². The molecule has 1 N–H and O–H groups in total. The molecule has 0 unspecified atom stereocenters. The van der Waals surface area contributed by atoms with Crippen molar-refractivity contribution >= 4 is 29.3 Å². The number of benzene rings is 1. The highest BCUT2D eigenvalue weighted by Crippen LogP contribution is 2.18. The average Bonchev–Trinajstić information content (AvgIpc) is 2.88. The summed E-state index contributed by atoms with van der Waals surface area (Å²) in [6.07, 6.45) is 1.80. The lowest BCUT2D eigenvalue weighted by Gasteiger charge is -2.10. The zero-order chi connectivity index (χ0) is 15.9. The normalized spacial score (nSPS) is 10.4. The van der Waals surface area contributed by atoms with Crippen LogP contribution in [0.4, 0.5) is 5.82 Å². The van der Waals surface area contributed by atoms with Gasteiger partial charge in [0.1, 0.15) is 5.82 Å². The predicted octanol–water partition coefficient (Wildman–Crippen LogP) is 1.44. The summed E-state index contributed by atoms with van der Waals surface area (Å²) in [5.74, 6) is -0.878. The number of carboxylic acid groups (broad SMARTS) is 1. The number of anilines is 1. The second kappa shape index (κ2) is 7.61. The Morgan fingerprint density at radius 2 is 2.00 bits per heavy atom. The molecule has 7 heteroatoms. The zero-order valence-electron chi connectivity index (χ0n) is 11.8. The third-order valence-corrected chi connectivity index (χ3v) is 3.42. The molecule has 0 aliphatic rings. The van der Waals surface area contributed by atoms with Crippen molar-refractivity contribution < 1.29 is 14.7 Å². The standard InChI is InChI=1S/C15H16ClN3O3/c16-12-5-2-1-4-11(12)10-19-13(8-9-17-19)18-14(20)6-3-7-15(21)22/h1-2,4-5,8-9H,3,6-7,10H2,(H,18,20)(H,21,22)/p-1. The van der Waals surface area contributed by atoms with E-state index in [1.807, 2.05) is 18.2 Å². The minimum absolute atomic E-state index is 0.116. The molecule has 22 heavy (non-hydrogen) atoms. The summed E-state index contributed by atoms with van der Waals surface area (Å²) >= 11 is 6.11. The first-order chi connectivity index (χ1) is 10.6. The summed E-state index contributed by atoms with van der Waals surface area (Å²) in [6, 6.07) is 9.07. The van der Waals surface area contributed by atoms with Crippen LogP contribution >= 0.6 is 11.6 Å². The molecule has 0 aliphatic carbocycles. The van der Waals surface area contributed by atoms with E-state index in [1.165, 1.54) is 0 Å². The molecule has 6 nitrogen and oxygen atoms in total. The van der Waals surface area contributed by atoms with E-state index in [9.17, 15) is 14.7 Å². The van der Waals surface area contributed by atoms with Crippen LogP contribution in [-0.4, -0.2) is 21.7 Å². The number of halogens is 1. The van der Waals surface area contributed by atoms with Gasteiger partial charge in [0.15, 0.2) is 0 Å². The van der Waals surface area contributed by atoms with Crippen molar-refractivity contribution in [3.05, 3.63) is 47.1 Å². The fourth-order valence-electron chi connectivity index (χ4n) is 1.95. The summed E-state index contributed by atoms with van der Waals surface area (Å²) in [5, 5.41) is 17.8. The summed E-state index contributed by atoms with van der Waals surface area (Å²) in [6.45, 7) is 0.432. The number of rotatable bonds is 7. The van der Waals surface area contributed by atoms with Gasteiger partial charge in [0.2, 0.25) is 5.91 Å². The maximum atomic E-state index is 11.8. The molecule has 1 heterocycles. The van der Waals surface area contributed by atoms with Crippen LogP contribution in [0.3, 0.4) is 0 Å². The first-order valence-corrected chi connectivity index (χ1v) is 7.19. The fraction of sp³-hybridized carbons (Fsp3) is 0.267. The van der Waals surface area contributed by atoms with Crippen LogP contribution in [0.1, 0.15) is 24.8 Å². The molecule has 2 aromatic rings. The maximum Gasteiger partial charge on any atom is 0.225 e. The number of hydrogen-bond donors (Lipinski definition) is 1. The van der Waals surface area contributed by atoms with Gasteiger partial charge in [0.25, 0.3) is 0 Å². The molecule has 1 aromatic carbocycles. The molecule has 0 saturated heterocycles. The summed E-state index contributed by atoms with van der Waals surface area (Å²) in [4.78, 5) is 22.1. The number of hydrogen-bond acceptors (Lipinski definition) is 4. The van der Waals surface area contributed by atoms with E-state index in [-0.39, 0.29) is 25.2 Å². The third-order valence-electron chi connectivity index (χ3n) is 3.05. The van der Waals surface area contributed by atoms with Crippen molar-refractivity contribution in [1.29, 1.82) is 0 Å². The molecule has 0 radical (unpaired) electrons. The first-order valence-electron chi connectivity index (χ1n) is 6.81. The maximum absolute atomic E-state index is 11.8. The quantitative estimate of drug-likeness (QED) is 0.836. The van der Waals surface area contributed by atoms with Gasteiger partial charge in [-0.2, -0.15) is 5.10 Å². The largest absolute Gasteiger partial charge is 0.550 e. The number of aliphatic carboxylic acids is 1.